The largest absolute Gasteiger partial charge is 0.373 e. The normalized spacial score (nSPS) is 21.6. The van der Waals surface area contributed by atoms with Crippen molar-refractivity contribution in [2.24, 2.45) is 0 Å². The Bertz CT molecular complexity index is 1030. The third kappa shape index (κ3) is 4.07. The van der Waals surface area contributed by atoms with E-state index >= 15 is 0 Å². The van der Waals surface area contributed by atoms with E-state index in [4.69, 9.17) is 9.26 Å². The summed E-state index contributed by atoms with van der Waals surface area (Å²) >= 11 is 0. The minimum Gasteiger partial charge on any atom is -0.373 e. The van der Waals surface area contributed by atoms with Crippen LogP contribution in [0.1, 0.15) is 25.3 Å². The maximum absolute atomic E-state index is 12.9. The Labute approximate surface area is 164 Å². The number of hydrogen-bond acceptors (Lipinski definition) is 7. The molecule has 0 unspecified atom stereocenters. The Morgan fingerprint density at radius 2 is 1.61 bits per heavy atom. The minimum absolute atomic E-state index is 0.0273. The van der Waals surface area contributed by atoms with Crippen LogP contribution in [0.4, 0.5) is 5.69 Å². The van der Waals surface area contributed by atoms with Crippen LogP contribution in [0.3, 0.4) is 0 Å². The highest BCUT2D eigenvalue weighted by atomic mass is 32.2. The summed E-state index contributed by atoms with van der Waals surface area (Å²) in [5.74, 6) is 0.180. The number of hydrogen-bond donors (Lipinski definition) is 1. The van der Waals surface area contributed by atoms with Crippen molar-refractivity contribution in [2.75, 3.05) is 17.8 Å². The van der Waals surface area contributed by atoms with Gasteiger partial charge in [-0.25, -0.2) is 16.8 Å². The van der Waals surface area contributed by atoms with Gasteiger partial charge in [0.25, 0.3) is 10.0 Å². The molecule has 1 saturated heterocycles. The molecule has 1 aromatic carbocycles. The third-order valence-electron chi connectivity index (χ3n) is 4.37. The van der Waals surface area contributed by atoms with Gasteiger partial charge in [0.15, 0.2) is 10.7 Å². The van der Waals surface area contributed by atoms with Crippen molar-refractivity contribution in [3.05, 3.63) is 35.7 Å². The van der Waals surface area contributed by atoms with Gasteiger partial charge >= 0.3 is 0 Å². The van der Waals surface area contributed by atoms with Crippen molar-refractivity contribution in [1.29, 1.82) is 0 Å². The number of aromatic nitrogens is 1. The van der Waals surface area contributed by atoms with Crippen LogP contribution in [-0.2, 0) is 24.8 Å². The summed E-state index contributed by atoms with van der Waals surface area (Å²) in [4.78, 5) is 0.0644. The Morgan fingerprint density at radius 1 is 1.04 bits per heavy atom. The predicted molar refractivity (Wildman–Crippen MR) is 102 cm³/mol. The molecule has 1 fully saturated rings. The van der Waals surface area contributed by atoms with Crippen LogP contribution in [0.25, 0.3) is 0 Å². The van der Waals surface area contributed by atoms with Crippen LogP contribution in [0.2, 0.25) is 0 Å². The van der Waals surface area contributed by atoms with Crippen molar-refractivity contribution in [2.45, 2.75) is 49.7 Å². The van der Waals surface area contributed by atoms with Crippen molar-refractivity contribution in [3.63, 3.8) is 0 Å². The lowest BCUT2D eigenvalue weighted by Crippen LogP contribution is -2.48. The summed E-state index contributed by atoms with van der Waals surface area (Å²) in [5.41, 5.74) is 0.488. The topological polar surface area (TPSA) is 119 Å². The number of sulfonamides is 2. The Hall–Kier alpha value is -1.95. The molecule has 1 aromatic heterocycles. The average molecular weight is 430 g/mol. The molecule has 9 nitrogen and oxygen atoms in total. The quantitative estimate of drug-likeness (QED) is 0.771. The molecule has 28 heavy (non-hydrogen) atoms. The third-order valence-corrected chi connectivity index (χ3v) is 7.84. The molecule has 2 heterocycles. The zero-order chi connectivity index (χ0) is 20.7. The maximum Gasteiger partial charge on any atom is 0.267 e. The fourth-order valence-corrected chi connectivity index (χ4v) is 6.22. The van der Waals surface area contributed by atoms with E-state index in [2.05, 4.69) is 9.88 Å². The van der Waals surface area contributed by atoms with Crippen LogP contribution in [0, 0.1) is 13.8 Å². The molecule has 0 saturated carbocycles. The molecular formula is C17H23N3O6S2. The zero-order valence-corrected chi connectivity index (χ0v) is 17.7. The standard InChI is InChI=1S/C17H23N3O6S2/c1-11-9-20(10-12(2)25-11)28(23,24)16-7-5-15(6-8-16)19-27(21,22)17-13(3)18-26-14(17)4/h5-8,11-12,19H,9-10H2,1-4H3/t11-,12-/m1/s1. The van der Waals surface area contributed by atoms with Gasteiger partial charge in [0.05, 0.1) is 17.1 Å². The van der Waals surface area contributed by atoms with Gasteiger partial charge in [0.2, 0.25) is 10.0 Å². The zero-order valence-electron chi connectivity index (χ0n) is 16.0. The Morgan fingerprint density at radius 3 is 2.11 bits per heavy atom. The van der Waals surface area contributed by atoms with E-state index in [1.165, 1.54) is 42.4 Å². The summed E-state index contributed by atoms with van der Waals surface area (Å²) in [6.07, 6.45) is -0.390. The lowest BCUT2D eigenvalue weighted by atomic mass is 10.3. The molecular weight excluding hydrogens is 406 g/mol. The molecule has 1 aliphatic heterocycles. The van der Waals surface area contributed by atoms with E-state index in [1.54, 1.807) is 0 Å². The minimum atomic E-state index is -3.90. The van der Waals surface area contributed by atoms with Crippen molar-refractivity contribution in [3.8, 4) is 0 Å². The van der Waals surface area contributed by atoms with Gasteiger partial charge in [-0.1, -0.05) is 5.16 Å². The van der Waals surface area contributed by atoms with Crippen molar-refractivity contribution >= 4 is 25.7 Å². The molecule has 0 aliphatic carbocycles. The summed E-state index contributed by atoms with van der Waals surface area (Å²) < 4.78 is 65.1. The first-order valence-corrected chi connectivity index (χ1v) is 11.6. The fraction of sp³-hybridized carbons (Fsp3) is 0.471. The molecule has 0 radical (unpaired) electrons. The van der Waals surface area contributed by atoms with Crippen LogP contribution >= 0.6 is 0 Å². The van der Waals surface area contributed by atoms with E-state index in [9.17, 15) is 16.8 Å². The molecule has 3 rings (SSSR count). The number of benzene rings is 1. The van der Waals surface area contributed by atoms with E-state index < -0.39 is 20.0 Å². The molecule has 154 valence electrons. The monoisotopic (exact) mass is 429 g/mol. The van der Waals surface area contributed by atoms with E-state index in [0.29, 0.717) is 0 Å². The second kappa shape index (κ2) is 7.47. The molecule has 1 aliphatic rings. The summed E-state index contributed by atoms with van der Waals surface area (Å²) in [5, 5.41) is 3.65. The highest BCUT2D eigenvalue weighted by Gasteiger charge is 2.32. The molecule has 0 amide bonds. The van der Waals surface area contributed by atoms with Gasteiger partial charge in [-0.15, -0.1) is 0 Å². The number of ether oxygens (including phenoxy) is 1. The summed E-state index contributed by atoms with van der Waals surface area (Å²) in [6.45, 7) is 7.23. The van der Waals surface area contributed by atoms with Gasteiger partial charge < -0.3 is 9.26 Å². The second-order valence-corrected chi connectivity index (χ2v) is 10.4. The van der Waals surface area contributed by atoms with Crippen LogP contribution in [0.5, 0.6) is 0 Å². The lowest BCUT2D eigenvalue weighted by Gasteiger charge is -2.34. The van der Waals surface area contributed by atoms with Gasteiger partial charge in [0, 0.05) is 18.8 Å². The number of anilines is 1. The van der Waals surface area contributed by atoms with Crippen molar-refractivity contribution < 1.29 is 26.1 Å². The molecule has 1 N–H and O–H groups in total. The van der Waals surface area contributed by atoms with Crippen LogP contribution in [-0.4, -0.2) is 51.6 Å². The van der Waals surface area contributed by atoms with E-state index in [-0.39, 0.29) is 52.2 Å². The summed E-state index contributed by atoms with van der Waals surface area (Å²) in [6, 6.07) is 5.59. The number of nitrogens with zero attached hydrogens (tertiary/aromatic N) is 2. The molecule has 0 spiro atoms. The smallest absolute Gasteiger partial charge is 0.267 e. The fourth-order valence-electron chi connectivity index (χ4n) is 3.24. The maximum atomic E-state index is 12.9. The first kappa shape index (κ1) is 20.8. The second-order valence-electron chi connectivity index (χ2n) is 6.86. The molecule has 11 heteroatoms. The Balaban J connectivity index is 1.82. The number of aryl methyl sites for hydroxylation is 2. The highest BCUT2D eigenvalue weighted by Crippen LogP contribution is 2.25. The first-order valence-electron chi connectivity index (χ1n) is 8.72. The molecule has 0 bridgehead atoms. The molecule has 2 aromatic rings. The van der Waals surface area contributed by atoms with E-state index in [0.717, 1.165) is 0 Å². The van der Waals surface area contributed by atoms with Crippen molar-refractivity contribution in [1.82, 2.24) is 9.46 Å². The Kier molecular flexibility index (Phi) is 5.54. The first-order chi connectivity index (χ1) is 13.0. The number of rotatable bonds is 5. The molecule has 2 atom stereocenters. The number of morpholine rings is 1. The van der Waals surface area contributed by atoms with Gasteiger partial charge in [-0.05, 0) is 52.0 Å². The average Bonchev–Trinajstić information content (AvgIpc) is 2.93. The van der Waals surface area contributed by atoms with Gasteiger partial charge in [-0.3, -0.25) is 4.72 Å². The highest BCUT2D eigenvalue weighted by molar-refractivity contribution is 7.92. The van der Waals surface area contributed by atoms with Gasteiger partial charge in [-0.2, -0.15) is 4.31 Å². The summed E-state index contributed by atoms with van der Waals surface area (Å²) in [7, 11) is -7.59. The van der Waals surface area contributed by atoms with Crippen LogP contribution < -0.4 is 4.72 Å². The number of nitrogens with one attached hydrogen (secondary N) is 1. The lowest BCUT2D eigenvalue weighted by molar-refractivity contribution is -0.0440. The SMILES string of the molecule is Cc1noc(C)c1S(=O)(=O)Nc1ccc(S(=O)(=O)N2C[C@@H](C)O[C@H](C)C2)cc1. The predicted octanol–water partition coefficient (Wildman–Crippen LogP) is 1.89. The van der Waals surface area contributed by atoms with E-state index in [1.807, 2.05) is 13.8 Å². The van der Waals surface area contributed by atoms with Gasteiger partial charge in [0.1, 0.15) is 5.69 Å². The van der Waals surface area contributed by atoms with Crippen LogP contribution in [0.15, 0.2) is 38.6 Å².